The Labute approximate surface area is 115 Å². The third-order valence-electron chi connectivity index (χ3n) is 2.79. The molecule has 1 amide bonds. The summed E-state index contributed by atoms with van der Waals surface area (Å²) in [4.78, 5) is 11.8. The second-order valence-electron chi connectivity index (χ2n) is 6.10. The third kappa shape index (κ3) is 6.25. The van der Waals surface area contributed by atoms with Gasteiger partial charge in [0.25, 0.3) is 0 Å². The molecular weight excluding hydrogens is 240 g/mol. The first-order valence-electron chi connectivity index (χ1n) is 6.56. The fourth-order valence-corrected chi connectivity index (χ4v) is 1.94. The summed E-state index contributed by atoms with van der Waals surface area (Å²) in [5.74, 6) is -0.120. The first-order chi connectivity index (χ1) is 8.78. The number of nitrogens with one attached hydrogen (secondary N) is 1. The second kappa shape index (κ2) is 6.57. The summed E-state index contributed by atoms with van der Waals surface area (Å²) in [5.41, 5.74) is 7.26. The number of amides is 1. The van der Waals surface area contributed by atoms with Gasteiger partial charge in [-0.3, -0.25) is 4.79 Å². The van der Waals surface area contributed by atoms with Crippen molar-refractivity contribution in [1.29, 1.82) is 0 Å². The average Bonchev–Trinajstić information content (AvgIpc) is 2.27. The van der Waals surface area contributed by atoms with E-state index < -0.39 is 6.10 Å². The van der Waals surface area contributed by atoms with Gasteiger partial charge in [0.2, 0.25) is 5.91 Å². The normalized spacial score (nSPS) is 13.1. The van der Waals surface area contributed by atoms with E-state index in [1.807, 2.05) is 18.2 Å². The maximum absolute atomic E-state index is 11.8. The fourth-order valence-electron chi connectivity index (χ4n) is 1.94. The molecule has 0 aliphatic rings. The summed E-state index contributed by atoms with van der Waals surface area (Å²) in [6.07, 6.45) is 0.382. The highest BCUT2D eigenvalue weighted by molar-refractivity contribution is 5.80. The Balaban J connectivity index is 2.38. The van der Waals surface area contributed by atoms with Gasteiger partial charge in [0.1, 0.15) is 0 Å². The molecule has 1 rings (SSSR count). The molecule has 106 valence electrons. The minimum absolute atomic E-state index is 0.0496. The zero-order valence-electron chi connectivity index (χ0n) is 11.9. The van der Waals surface area contributed by atoms with Crippen molar-refractivity contribution in [2.75, 3.05) is 12.3 Å². The Morgan fingerprint density at radius 3 is 2.58 bits per heavy atom. The predicted molar refractivity (Wildman–Crippen MR) is 77.6 cm³/mol. The van der Waals surface area contributed by atoms with E-state index >= 15 is 0 Å². The van der Waals surface area contributed by atoms with Crippen LogP contribution in [0.25, 0.3) is 0 Å². The van der Waals surface area contributed by atoms with Crippen LogP contribution in [0.4, 0.5) is 5.69 Å². The molecule has 0 aliphatic carbocycles. The van der Waals surface area contributed by atoms with Gasteiger partial charge < -0.3 is 16.2 Å². The molecule has 1 aromatic carbocycles. The van der Waals surface area contributed by atoms with Crippen molar-refractivity contribution >= 4 is 11.6 Å². The lowest BCUT2D eigenvalue weighted by molar-refractivity contribution is -0.121. The van der Waals surface area contributed by atoms with Crippen LogP contribution in [0.3, 0.4) is 0 Å². The molecule has 4 nitrogen and oxygen atoms in total. The highest BCUT2D eigenvalue weighted by atomic mass is 16.3. The highest BCUT2D eigenvalue weighted by Crippen LogP contribution is 2.20. The van der Waals surface area contributed by atoms with Crippen molar-refractivity contribution < 1.29 is 9.90 Å². The number of anilines is 1. The van der Waals surface area contributed by atoms with Crippen LogP contribution in [-0.4, -0.2) is 23.7 Å². The quantitative estimate of drug-likeness (QED) is 0.709. The number of carbonyl (C=O) groups excluding carboxylic acids is 1. The summed E-state index contributed by atoms with van der Waals surface area (Å²) < 4.78 is 0. The highest BCUT2D eigenvalue weighted by Gasteiger charge is 2.17. The number of nitrogens with two attached hydrogens (primary N) is 1. The van der Waals surface area contributed by atoms with Crippen molar-refractivity contribution in [1.82, 2.24) is 5.32 Å². The van der Waals surface area contributed by atoms with Crippen LogP contribution in [0.1, 0.15) is 32.8 Å². The van der Waals surface area contributed by atoms with Crippen molar-refractivity contribution in [3.05, 3.63) is 29.8 Å². The number of para-hydroxylation sites is 1. The standard InChI is InChI=1S/C15H24N2O2/c1-15(2,3)9-12(18)10-17-14(19)8-11-6-4-5-7-13(11)16/h4-7,12,18H,8-10,16H2,1-3H3,(H,17,19). The van der Waals surface area contributed by atoms with Crippen LogP contribution in [0.2, 0.25) is 0 Å². The molecule has 1 unspecified atom stereocenters. The van der Waals surface area contributed by atoms with Gasteiger partial charge in [-0.25, -0.2) is 0 Å². The van der Waals surface area contributed by atoms with E-state index in [4.69, 9.17) is 5.73 Å². The van der Waals surface area contributed by atoms with E-state index in [9.17, 15) is 9.90 Å². The van der Waals surface area contributed by atoms with Gasteiger partial charge in [-0.1, -0.05) is 39.0 Å². The Morgan fingerprint density at radius 1 is 1.37 bits per heavy atom. The zero-order chi connectivity index (χ0) is 14.5. The summed E-state index contributed by atoms with van der Waals surface area (Å²) in [5, 5.41) is 12.6. The first kappa shape index (κ1) is 15.5. The molecule has 0 aromatic heterocycles. The van der Waals surface area contributed by atoms with E-state index in [0.717, 1.165) is 5.56 Å². The number of benzene rings is 1. The molecule has 0 saturated carbocycles. The maximum Gasteiger partial charge on any atom is 0.224 e. The van der Waals surface area contributed by atoms with Gasteiger partial charge in [-0.05, 0) is 23.5 Å². The number of hydrogen-bond donors (Lipinski definition) is 3. The number of nitrogen functional groups attached to an aromatic ring is 1. The molecular formula is C15H24N2O2. The monoisotopic (exact) mass is 264 g/mol. The van der Waals surface area contributed by atoms with E-state index in [2.05, 4.69) is 26.1 Å². The zero-order valence-corrected chi connectivity index (χ0v) is 11.9. The van der Waals surface area contributed by atoms with Crippen molar-refractivity contribution in [3.8, 4) is 0 Å². The smallest absolute Gasteiger partial charge is 0.224 e. The molecule has 0 bridgehead atoms. The lowest BCUT2D eigenvalue weighted by atomic mass is 9.89. The third-order valence-corrected chi connectivity index (χ3v) is 2.79. The van der Waals surface area contributed by atoms with Crippen LogP contribution < -0.4 is 11.1 Å². The summed E-state index contributed by atoms with van der Waals surface area (Å²) in [6, 6.07) is 7.30. The molecule has 0 spiro atoms. The lowest BCUT2D eigenvalue weighted by Gasteiger charge is -2.22. The topological polar surface area (TPSA) is 75.3 Å². The van der Waals surface area contributed by atoms with Gasteiger partial charge in [0.05, 0.1) is 12.5 Å². The lowest BCUT2D eigenvalue weighted by Crippen LogP contribution is -2.35. The number of carbonyl (C=O) groups is 1. The van der Waals surface area contributed by atoms with E-state index in [0.29, 0.717) is 12.1 Å². The molecule has 4 heteroatoms. The van der Waals surface area contributed by atoms with Crippen LogP contribution in [0, 0.1) is 5.41 Å². The van der Waals surface area contributed by atoms with Crippen molar-refractivity contribution in [3.63, 3.8) is 0 Å². The number of rotatable bonds is 5. The second-order valence-corrected chi connectivity index (χ2v) is 6.10. The molecule has 0 heterocycles. The van der Waals surface area contributed by atoms with Gasteiger partial charge in [0.15, 0.2) is 0 Å². The van der Waals surface area contributed by atoms with Gasteiger partial charge in [-0.15, -0.1) is 0 Å². The Morgan fingerprint density at radius 2 is 2.00 bits per heavy atom. The van der Waals surface area contributed by atoms with Crippen LogP contribution in [0.15, 0.2) is 24.3 Å². The largest absolute Gasteiger partial charge is 0.398 e. The molecule has 1 atom stereocenters. The molecule has 0 saturated heterocycles. The summed E-state index contributed by atoms with van der Waals surface area (Å²) in [6.45, 7) is 6.46. The fraction of sp³-hybridized carbons (Fsp3) is 0.533. The van der Waals surface area contributed by atoms with Crippen LogP contribution >= 0.6 is 0 Å². The van der Waals surface area contributed by atoms with E-state index in [-0.39, 0.29) is 24.3 Å². The van der Waals surface area contributed by atoms with Gasteiger partial charge >= 0.3 is 0 Å². The van der Waals surface area contributed by atoms with E-state index in [1.54, 1.807) is 6.07 Å². The minimum Gasteiger partial charge on any atom is -0.398 e. The van der Waals surface area contributed by atoms with Crippen molar-refractivity contribution in [2.24, 2.45) is 5.41 Å². The molecule has 1 aromatic rings. The number of aliphatic hydroxyl groups is 1. The molecule has 19 heavy (non-hydrogen) atoms. The molecule has 0 radical (unpaired) electrons. The molecule has 4 N–H and O–H groups in total. The average molecular weight is 264 g/mol. The Bertz CT molecular complexity index is 424. The number of hydrogen-bond acceptors (Lipinski definition) is 3. The van der Waals surface area contributed by atoms with Gasteiger partial charge in [-0.2, -0.15) is 0 Å². The predicted octanol–water partition coefficient (Wildman–Crippen LogP) is 1.72. The SMILES string of the molecule is CC(C)(C)CC(O)CNC(=O)Cc1ccccc1N. The number of aliphatic hydroxyl groups excluding tert-OH is 1. The van der Waals surface area contributed by atoms with E-state index in [1.165, 1.54) is 0 Å². The maximum atomic E-state index is 11.8. The Hall–Kier alpha value is -1.55. The van der Waals surface area contributed by atoms with Crippen molar-refractivity contribution in [2.45, 2.75) is 39.7 Å². The summed E-state index contributed by atoms with van der Waals surface area (Å²) >= 11 is 0. The minimum atomic E-state index is -0.517. The molecule has 0 fully saturated rings. The van der Waals surface area contributed by atoms with Crippen LogP contribution in [-0.2, 0) is 11.2 Å². The summed E-state index contributed by atoms with van der Waals surface area (Å²) in [7, 11) is 0. The Kier molecular flexibility index (Phi) is 5.36. The van der Waals surface area contributed by atoms with Crippen LogP contribution in [0.5, 0.6) is 0 Å². The van der Waals surface area contributed by atoms with Gasteiger partial charge in [0, 0.05) is 12.2 Å². The first-order valence-corrected chi connectivity index (χ1v) is 6.56. The molecule has 0 aliphatic heterocycles.